The van der Waals surface area contributed by atoms with E-state index in [1.54, 1.807) is 48.5 Å². The average Bonchev–Trinajstić information content (AvgIpc) is 0.872. The first-order chi connectivity index (χ1) is 45.1. The molecule has 0 heterocycles. The molecular weight excluding hydrogens is 1440 g/mol. The summed E-state index contributed by atoms with van der Waals surface area (Å²) in [6.45, 7) is 23.2. The van der Waals surface area contributed by atoms with E-state index in [0.717, 1.165) is 41.0 Å². The molecule has 0 amide bonds. The Morgan fingerprint density at radius 3 is 0.909 bits per heavy atom. The normalized spacial score (nSPS) is 11.5. The maximum Gasteiger partial charge on any atom is 1.00 e. The van der Waals surface area contributed by atoms with Gasteiger partial charge in [-0.05, 0) is 160 Å². The Kier molecular flexibility index (Phi) is 53.2. The summed E-state index contributed by atoms with van der Waals surface area (Å²) >= 11 is 0. The third-order valence-electron chi connectivity index (χ3n) is 11.1. The van der Waals surface area contributed by atoms with Crippen molar-refractivity contribution in [2.75, 3.05) is 105 Å². The van der Waals surface area contributed by atoms with E-state index in [2.05, 4.69) is 9.44 Å². The first kappa shape index (κ1) is 99.4. The third-order valence-corrected chi connectivity index (χ3v) is 17.1. The molecule has 5 rings (SSSR count). The van der Waals surface area contributed by atoms with Crippen LogP contribution in [0, 0.1) is 20.8 Å². The number of halogens is 1. The zero-order valence-electron chi connectivity index (χ0n) is 58.1. The SMILES string of the molecule is CC(C)(C)OC(=O)CCCOCCOCCNS(=O)(=O)c1ccc(O)cc1.Cc1ccc(S(=O)(=O)Cl)cc1.Cc1ccc(S(=O)(=O)NCCOCCOCCCC(=O)OC(C)(C)C)cc1.Cc1ccc(S(=O)(=O)[O-])cc1.NCCOCCOCCN.O=S(=O)([O-])c1ccc(O)cc1.[Na+].[Na+]. The van der Waals surface area contributed by atoms with Crippen LogP contribution in [-0.4, -0.2) is 190 Å². The molecule has 0 aromatic heterocycles. The number of aryl methyl sites for hydroxylation is 3. The molecule has 5 aromatic carbocycles. The van der Waals surface area contributed by atoms with Crippen molar-refractivity contribution in [2.45, 2.75) is 124 Å². The van der Waals surface area contributed by atoms with Gasteiger partial charge in [-0.2, -0.15) is 0 Å². The fourth-order valence-electron chi connectivity index (χ4n) is 6.58. The molecule has 0 saturated carbocycles. The number of aromatic hydroxyl groups is 2. The van der Waals surface area contributed by atoms with Crippen molar-refractivity contribution in [3.63, 3.8) is 0 Å². The van der Waals surface area contributed by atoms with Crippen LogP contribution >= 0.6 is 10.7 Å². The van der Waals surface area contributed by atoms with E-state index < -0.39 is 60.5 Å². The van der Waals surface area contributed by atoms with Crippen LogP contribution in [0.4, 0.5) is 0 Å². The van der Waals surface area contributed by atoms with Crippen molar-refractivity contribution in [3.8, 4) is 11.5 Å². The summed E-state index contributed by atoms with van der Waals surface area (Å²) in [5, 5.41) is 17.9. The van der Waals surface area contributed by atoms with Crippen LogP contribution in [0.2, 0.25) is 0 Å². The summed E-state index contributed by atoms with van der Waals surface area (Å²) in [6, 6.07) is 28.5. The zero-order chi connectivity index (χ0) is 73.8. The van der Waals surface area contributed by atoms with Crippen molar-refractivity contribution < 1.29 is 168 Å². The van der Waals surface area contributed by atoms with E-state index in [-0.39, 0.29) is 133 Å². The van der Waals surface area contributed by atoms with Crippen LogP contribution in [0.25, 0.3) is 0 Å². The predicted molar refractivity (Wildman–Crippen MR) is 362 cm³/mol. The number of rotatable bonds is 34. The maximum absolute atomic E-state index is 12.1. The largest absolute Gasteiger partial charge is 1.00 e. The van der Waals surface area contributed by atoms with Gasteiger partial charge in [-0.15, -0.1) is 0 Å². The van der Waals surface area contributed by atoms with Crippen molar-refractivity contribution in [1.29, 1.82) is 0 Å². The second-order valence-corrected chi connectivity index (χ2v) is 31.1. The Balaban J connectivity index is -0.00000118. The van der Waals surface area contributed by atoms with E-state index in [1.807, 2.05) is 62.3 Å². The number of nitrogens with two attached hydrogens (primary N) is 2. The summed E-state index contributed by atoms with van der Waals surface area (Å²) in [5.41, 5.74) is 12.4. The summed E-state index contributed by atoms with van der Waals surface area (Å²) in [4.78, 5) is 22.9. The third kappa shape index (κ3) is 54.5. The van der Waals surface area contributed by atoms with Crippen LogP contribution in [0.5, 0.6) is 11.5 Å². The fraction of sp³-hybridized carbons (Fsp3) is 0.492. The van der Waals surface area contributed by atoms with Gasteiger partial charge in [0.05, 0.1) is 90.5 Å². The number of hydrogen-bond acceptors (Lipinski definition) is 26. The van der Waals surface area contributed by atoms with Gasteiger partial charge >= 0.3 is 71.1 Å². The summed E-state index contributed by atoms with van der Waals surface area (Å²) in [6.07, 6.45) is 1.78. The van der Waals surface area contributed by atoms with Crippen LogP contribution in [0.3, 0.4) is 0 Å². The number of carbonyl (C=O) groups is 2. The Bertz CT molecular complexity index is 3280. The van der Waals surface area contributed by atoms with Gasteiger partial charge in [-0.1, -0.05) is 53.1 Å². The van der Waals surface area contributed by atoms with Crippen LogP contribution in [0.15, 0.2) is 146 Å². The molecule has 0 unspecified atom stereocenters. The standard InChI is InChI=1S/C19H31NO6S.C18H29NO7S.C7H7ClO2S.C7H8O3S.C6H16N2O2.C6H6O4S.2Na/c1-16-7-9-17(10-8-16)27(22,23)20-11-13-25-15-14-24-12-5-6-18(21)26-19(2,3)4;1-18(2,3)26-17(21)5-4-11-24-13-14-25-12-10-19-27(22,23)16-8-6-15(20)7-9-16;2*1-6-2-4-7(5-3-6)11(8,9)10;7-1-3-9-5-6-10-4-2-8;7-5-1-3-6(4-2-5)11(8,9)10;;/h7-10,20H,5-6,11-15H2,1-4H3;6-9,19-20H,4-5,10-14H2,1-3H3;2-5H,1H3;2-5H,1H3,(H,8,9,10);1-8H2;1-4,7H,(H,8,9,10);;/q;;;;;;2*+1/p-2. The van der Waals surface area contributed by atoms with Crippen molar-refractivity contribution >= 4 is 72.0 Å². The molecule has 0 saturated heterocycles. The minimum Gasteiger partial charge on any atom is -0.744 e. The average molecular weight is 1530 g/mol. The number of sulfonamides is 2. The minimum atomic E-state index is -4.38. The Labute approximate surface area is 633 Å². The van der Waals surface area contributed by atoms with Gasteiger partial charge < -0.3 is 68.7 Å². The second kappa shape index (κ2) is 53.0. The zero-order valence-corrected chi connectivity index (χ0v) is 67.0. The topological polar surface area (TPSA) is 441 Å². The van der Waals surface area contributed by atoms with Crippen LogP contribution in [-0.2, 0) is 96.8 Å². The number of esters is 2. The molecule has 0 aliphatic carbocycles. The molecule has 36 heteroatoms. The molecule has 8 N–H and O–H groups in total. The summed E-state index contributed by atoms with van der Waals surface area (Å²) < 4.78 is 178. The Morgan fingerprint density at radius 1 is 0.404 bits per heavy atom. The van der Waals surface area contributed by atoms with Gasteiger partial charge in [0, 0.05) is 62.9 Å². The van der Waals surface area contributed by atoms with Gasteiger partial charge in [0.1, 0.15) is 42.9 Å². The number of hydrogen-bond donors (Lipinski definition) is 6. The molecule has 0 atom stereocenters. The van der Waals surface area contributed by atoms with Gasteiger partial charge in [-0.3, -0.25) is 9.59 Å². The van der Waals surface area contributed by atoms with Crippen molar-refractivity contribution in [1.82, 2.24) is 9.44 Å². The van der Waals surface area contributed by atoms with E-state index in [9.17, 15) is 65.9 Å². The fourth-order valence-corrected chi connectivity index (χ4v) is 10.3. The van der Waals surface area contributed by atoms with Gasteiger partial charge in [0.15, 0.2) is 0 Å². The summed E-state index contributed by atoms with van der Waals surface area (Å²) in [5.74, 6) is -0.549. The van der Waals surface area contributed by atoms with E-state index in [4.69, 9.17) is 65.2 Å². The molecule has 550 valence electrons. The Hall–Kier alpha value is -3.80. The van der Waals surface area contributed by atoms with Gasteiger partial charge in [0.2, 0.25) is 20.0 Å². The van der Waals surface area contributed by atoms with Gasteiger partial charge in [-0.25, -0.2) is 51.5 Å². The predicted octanol–water partition coefficient (Wildman–Crippen LogP) is 0.317. The van der Waals surface area contributed by atoms with Crippen molar-refractivity contribution in [3.05, 3.63) is 138 Å². The molecule has 0 aliphatic rings. The molecule has 0 radical (unpaired) electrons. The quantitative estimate of drug-likeness (QED) is 0.0106. The van der Waals surface area contributed by atoms with E-state index in [0.29, 0.717) is 105 Å². The molecule has 0 fully saturated rings. The molecular formula is C63H95ClN4Na2O24S5. The van der Waals surface area contributed by atoms with E-state index in [1.165, 1.54) is 48.5 Å². The number of benzene rings is 5. The molecule has 99 heavy (non-hydrogen) atoms. The van der Waals surface area contributed by atoms with Crippen LogP contribution < -0.4 is 80.0 Å². The molecule has 0 aliphatic heterocycles. The van der Waals surface area contributed by atoms with Crippen LogP contribution in [0.1, 0.15) is 83.9 Å². The molecule has 0 spiro atoms. The number of carbonyl (C=O) groups excluding carboxylic acids is 2. The number of phenols is 2. The van der Waals surface area contributed by atoms with Gasteiger partial charge in [0.25, 0.3) is 9.05 Å². The smallest absolute Gasteiger partial charge is 0.744 e. The number of phenolic OH excluding ortho intramolecular Hbond substituents is 2. The van der Waals surface area contributed by atoms with Crippen molar-refractivity contribution in [2.24, 2.45) is 11.5 Å². The maximum atomic E-state index is 12.1. The first-order valence-corrected chi connectivity index (χ1v) is 38.1. The molecule has 28 nitrogen and oxygen atoms in total. The van der Waals surface area contributed by atoms with E-state index >= 15 is 0 Å². The second-order valence-electron chi connectivity index (χ2n) is 22.2. The monoisotopic (exact) mass is 1530 g/mol. The number of ether oxygens (including phenoxy) is 8. The summed E-state index contributed by atoms with van der Waals surface area (Å²) in [7, 11) is -14.2. The number of nitrogens with one attached hydrogen (secondary N) is 2. The molecule has 5 aromatic rings. The Morgan fingerprint density at radius 2 is 0.646 bits per heavy atom. The molecule has 0 bridgehead atoms. The first-order valence-electron chi connectivity index (χ1n) is 30.1. The minimum absolute atomic E-state index is 0.